The molecule has 0 radical (unpaired) electrons. The summed E-state index contributed by atoms with van der Waals surface area (Å²) < 4.78 is 54.7. The van der Waals surface area contributed by atoms with Crippen LogP contribution in [-0.2, 0) is 19.4 Å². The van der Waals surface area contributed by atoms with Gasteiger partial charge in [0.1, 0.15) is 22.1 Å². The van der Waals surface area contributed by atoms with Gasteiger partial charge in [0.25, 0.3) is 0 Å². The van der Waals surface area contributed by atoms with E-state index < -0.39 is 43.7 Å². The van der Waals surface area contributed by atoms with Crippen LogP contribution in [0.25, 0.3) is 0 Å². The summed E-state index contributed by atoms with van der Waals surface area (Å²) in [5, 5.41) is 0. The Kier molecular flexibility index (Phi) is 4.29. The molecule has 0 amide bonds. The Morgan fingerprint density at radius 2 is 1.84 bits per heavy atom. The molecule has 0 aromatic heterocycles. The summed E-state index contributed by atoms with van der Waals surface area (Å²) in [5.41, 5.74) is -0.854. The first-order valence-electron chi connectivity index (χ1n) is 5.41. The van der Waals surface area contributed by atoms with Crippen molar-refractivity contribution in [3.8, 4) is 0 Å². The van der Waals surface area contributed by atoms with E-state index in [9.17, 15) is 22.0 Å². The van der Waals surface area contributed by atoms with Gasteiger partial charge in [-0.1, -0.05) is 0 Å². The van der Waals surface area contributed by atoms with Gasteiger partial charge in [-0.2, -0.15) is 0 Å². The lowest BCUT2D eigenvalue weighted by Gasteiger charge is -2.19. The summed E-state index contributed by atoms with van der Waals surface area (Å²) in [5.74, 6) is -4.06. The fraction of sp³-hybridized carbons (Fsp3) is 0.417. The molecule has 0 atom stereocenters. The van der Waals surface area contributed by atoms with E-state index in [1.165, 1.54) is 0 Å². The molecule has 0 aliphatic rings. The fourth-order valence-electron chi connectivity index (χ4n) is 1.32. The second kappa shape index (κ2) is 5.24. The van der Waals surface area contributed by atoms with Gasteiger partial charge in [-0.25, -0.2) is 17.2 Å². The number of halogens is 2. The van der Waals surface area contributed by atoms with Crippen molar-refractivity contribution >= 4 is 15.8 Å². The number of benzene rings is 1. The molecule has 7 heteroatoms. The van der Waals surface area contributed by atoms with E-state index in [0.717, 1.165) is 6.07 Å². The van der Waals surface area contributed by atoms with Crippen LogP contribution < -0.4 is 0 Å². The topological polar surface area (TPSA) is 60.4 Å². The second-order valence-electron chi connectivity index (χ2n) is 4.92. The van der Waals surface area contributed by atoms with E-state index in [0.29, 0.717) is 12.1 Å². The third kappa shape index (κ3) is 4.59. The van der Waals surface area contributed by atoms with Crippen molar-refractivity contribution in [3.63, 3.8) is 0 Å². The number of carbonyl (C=O) groups excluding carboxylic acids is 1. The first kappa shape index (κ1) is 15.6. The molecule has 0 saturated heterocycles. The van der Waals surface area contributed by atoms with Gasteiger partial charge in [0.05, 0.1) is 0 Å². The predicted molar refractivity (Wildman–Crippen MR) is 64.3 cm³/mol. The Morgan fingerprint density at radius 3 is 2.37 bits per heavy atom. The van der Waals surface area contributed by atoms with Crippen LogP contribution in [0, 0.1) is 11.6 Å². The van der Waals surface area contributed by atoms with E-state index >= 15 is 0 Å². The molecular weight excluding hydrogens is 278 g/mol. The normalized spacial score (nSPS) is 12.3. The summed E-state index contributed by atoms with van der Waals surface area (Å²) in [6.45, 7) is 4.71. The summed E-state index contributed by atoms with van der Waals surface area (Å²) in [6.07, 6.45) is 0. The van der Waals surface area contributed by atoms with Crippen LogP contribution in [0.4, 0.5) is 8.78 Å². The summed E-state index contributed by atoms with van der Waals surface area (Å²) in [6, 6.07) is 2.02. The molecule has 19 heavy (non-hydrogen) atoms. The highest BCUT2D eigenvalue weighted by Gasteiger charge is 2.27. The Hall–Kier alpha value is -1.50. The van der Waals surface area contributed by atoms with Crippen LogP contribution in [0.3, 0.4) is 0 Å². The van der Waals surface area contributed by atoms with Crippen molar-refractivity contribution < 1.29 is 26.7 Å². The molecule has 106 valence electrons. The minimum absolute atomic E-state index is 0.537. The van der Waals surface area contributed by atoms with Crippen molar-refractivity contribution in [1.29, 1.82) is 0 Å². The lowest BCUT2D eigenvalue weighted by molar-refractivity contribution is -0.151. The highest BCUT2D eigenvalue weighted by molar-refractivity contribution is 7.92. The quantitative estimate of drug-likeness (QED) is 0.800. The molecule has 4 nitrogen and oxygen atoms in total. The molecule has 1 rings (SSSR count). The Bertz CT molecular complexity index is 588. The van der Waals surface area contributed by atoms with Gasteiger partial charge in [0.2, 0.25) is 0 Å². The van der Waals surface area contributed by atoms with Gasteiger partial charge < -0.3 is 4.74 Å². The van der Waals surface area contributed by atoms with Crippen LogP contribution >= 0.6 is 0 Å². The van der Waals surface area contributed by atoms with Gasteiger partial charge in [0.15, 0.2) is 15.6 Å². The lowest BCUT2D eigenvalue weighted by atomic mass is 10.2. The number of rotatable bonds is 3. The molecule has 0 aliphatic heterocycles. The lowest BCUT2D eigenvalue weighted by Crippen LogP contribution is -2.28. The summed E-state index contributed by atoms with van der Waals surface area (Å²) in [4.78, 5) is 10.6. The third-order valence-electron chi connectivity index (χ3n) is 1.96. The Morgan fingerprint density at radius 1 is 1.26 bits per heavy atom. The highest BCUT2D eigenvalue weighted by Crippen LogP contribution is 2.18. The van der Waals surface area contributed by atoms with Gasteiger partial charge in [-0.3, -0.25) is 4.79 Å². The van der Waals surface area contributed by atoms with E-state index in [1.54, 1.807) is 20.8 Å². The number of hydrogen-bond donors (Lipinski definition) is 0. The Labute approximate surface area is 110 Å². The number of carbonyl (C=O) groups is 1. The summed E-state index contributed by atoms with van der Waals surface area (Å²) in [7, 11) is -4.27. The zero-order valence-electron chi connectivity index (χ0n) is 10.7. The van der Waals surface area contributed by atoms with Crippen LogP contribution in [0.15, 0.2) is 23.1 Å². The molecule has 0 fully saturated rings. The van der Waals surface area contributed by atoms with E-state index in [1.807, 2.05) is 0 Å². The third-order valence-corrected chi connectivity index (χ3v) is 3.55. The van der Waals surface area contributed by atoms with Crippen LogP contribution in [0.2, 0.25) is 0 Å². The van der Waals surface area contributed by atoms with Crippen LogP contribution in [0.5, 0.6) is 0 Å². The minimum Gasteiger partial charge on any atom is -0.459 e. The van der Waals surface area contributed by atoms with Gasteiger partial charge in [-0.15, -0.1) is 0 Å². The first-order valence-corrected chi connectivity index (χ1v) is 7.06. The van der Waals surface area contributed by atoms with Crippen molar-refractivity contribution in [1.82, 2.24) is 0 Å². The number of hydrogen-bond acceptors (Lipinski definition) is 4. The molecule has 0 heterocycles. The smallest absolute Gasteiger partial charge is 0.322 e. The van der Waals surface area contributed by atoms with Gasteiger partial charge in [-0.05, 0) is 39.0 Å². The number of sulfone groups is 1. The van der Waals surface area contributed by atoms with Gasteiger partial charge >= 0.3 is 5.97 Å². The zero-order chi connectivity index (χ0) is 14.8. The van der Waals surface area contributed by atoms with Crippen molar-refractivity contribution in [2.24, 2.45) is 0 Å². The molecule has 0 spiro atoms. The van der Waals surface area contributed by atoms with E-state index in [2.05, 4.69) is 0 Å². The van der Waals surface area contributed by atoms with Crippen molar-refractivity contribution in [2.75, 3.05) is 5.75 Å². The molecule has 0 saturated carbocycles. The minimum atomic E-state index is -4.27. The molecule has 0 bridgehead atoms. The Balaban J connectivity index is 2.99. The maximum absolute atomic E-state index is 13.4. The number of ether oxygens (including phenoxy) is 1. The molecule has 0 N–H and O–H groups in total. The zero-order valence-corrected chi connectivity index (χ0v) is 11.6. The predicted octanol–water partition coefficient (Wildman–Crippen LogP) is 2.08. The maximum Gasteiger partial charge on any atom is 0.322 e. The fourth-order valence-corrected chi connectivity index (χ4v) is 2.50. The monoisotopic (exact) mass is 292 g/mol. The van der Waals surface area contributed by atoms with Crippen LogP contribution in [0.1, 0.15) is 20.8 Å². The molecule has 0 aliphatic carbocycles. The highest BCUT2D eigenvalue weighted by atomic mass is 32.2. The molecule has 1 aromatic rings. The van der Waals surface area contributed by atoms with E-state index in [-0.39, 0.29) is 0 Å². The second-order valence-corrected chi connectivity index (χ2v) is 6.88. The first-order chi connectivity index (χ1) is 8.51. The summed E-state index contributed by atoms with van der Waals surface area (Å²) >= 11 is 0. The van der Waals surface area contributed by atoms with E-state index in [4.69, 9.17) is 4.74 Å². The molecule has 1 aromatic carbocycles. The maximum atomic E-state index is 13.4. The van der Waals surface area contributed by atoms with Crippen molar-refractivity contribution in [2.45, 2.75) is 31.3 Å². The standard InChI is InChI=1S/C12H14F2O4S/c1-12(2,3)18-11(15)7-19(16,17)10-6-8(13)4-5-9(10)14/h4-6H,7H2,1-3H3. The average Bonchev–Trinajstić information content (AvgIpc) is 2.17. The number of esters is 1. The SMILES string of the molecule is CC(C)(C)OC(=O)CS(=O)(=O)c1cc(F)ccc1F. The van der Waals surface area contributed by atoms with Crippen LogP contribution in [-0.4, -0.2) is 25.7 Å². The molecular formula is C12H14F2O4S. The molecule has 0 unspecified atom stereocenters. The van der Waals surface area contributed by atoms with Crippen molar-refractivity contribution in [3.05, 3.63) is 29.8 Å². The average molecular weight is 292 g/mol. The largest absolute Gasteiger partial charge is 0.459 e. The van der Waals surface area contributed by atoms with Gasteiger partial charge in [0, 0.05) is 0 Å².